The normalized spacial score (nSPS) is 15.5. The number of hydrogen-bond acceptors (Lipinski definition) is 12. The first-order valence-electron chi connectivity index (χ1n) is 14.2. The first kappa shape index (κ1) is 33.5. The van der Waals surface area contributed by atoms with Crippen LogP contribution in [0, 0.1) is 0 Å². The van der Waals surface area contributed by atoms with Crippen molar-refractivity contribution in [3.8, 4) is 23.0 Å². The summed E-state index contributed by atoms with van der Waals surface area (Å²) in [5.74, 6) is -0.176. The maximum Gasteiger partial charge on any atom is 0.342 e. The van der Waals surface area contributed by atoms with Crippen LogP contribution in [0.15, 0.2) is 89.3 Å². The Balaban J connectivity index is 0.000000305. The fraction of sp³-hybridized carbons (Fsp3) is 0.200. The van der Waals surface area contributed by atoms with E-state index in [1.165, 1.54) is 7.11 Å². The second-order valence-corrected chi connectivity index (χ2v) is 11.6. The molecule has 0 saturated heterocycles. The fourth-order valence-electron chi connectivity index (χ4n) is 5.15. The van der Waals surface area contributed by atoms with E-state index in [9.17, 15) is 14.7 Å². The van der Waals surface area contributed by atoms with E-state index in [1.807, 2.05) is 36.6 Å². The molecular weight excluding hydrogens is 641 g/mol. The van der Waals surface area contributed by atoms with Crippen molar-refractivity contribution in [2.75, 3.05) is 34.7 Å². The largest absolute Gasteiger partial charge is 0.493 e. The number of aromatic nitrogens is 2. The summed E-state index contributed by atoms with van der Waals surface area (Å²) >= 11 is 2.70. The molecule has 0 radical (unpaired) electrons. The number of cyclic esters (lactones) is 1. The lowest BCUT2D eigenvalue weighted by Gasteiger charge is -2.26. The zero-order chi connectivity index (χ0) is 33.6. The van der Waals surface area contributed by atoms with E-state index in [-0.39, 0.29) is 6.42 Å². The molecule has 10 nitrogen and oxygen atoms in total. The molecule has 242 valence electrons. The molecule has 0 bridgehead atoms. The Kier molecular flexibility index (Phi) is 10.4. The molecule has 4 aromatic carbocycles. The van der Waals surface area contributed by atoms with E-state index in [4.69, 9.17) is 23.7 Å². The molecule has 0 aliphatic carbocycles. The Morgan fingerprint density at radius 1 is 0.809 bits per heavy atom. The van der Waals surface area contributed by atoms with Crippen molar-refractivity contribution < 1.29 is 38.4 Å². The van der Waals surface area contributed by atoms with E-state index >= 15 is 0 Å². The van der Waals surface area contributed by atoms with Gasteiger partial charge in [0.1, 0.15) is 17.3 Å². The number of thioether (sulfide) groups is 1. The van der Waals surface area contributed by atoms with Gasteiger partial charge in [-0.25, -0.2) is 4.79 Å². The van der Waals surface area contributed by atoms with Crippen LogP contribution in [0.4, 0.5) is 0 Å². The number of aliphatic hydroxyl groups is 1. The SMILES string of the molecule is COc1ccc(C=O)cc1OC.COc1ccc(CC2=C(c3ccc4nsnc4c3)C(=O)OC2(O)c2ccc(SC)cc2)cc1OC. The van der Waals surface area contributed by atoms with Crippen molar-refractivity contribution in [3.63, 3.8) is 0 Å². The molecule has 0 fully saturated rings. The van der Waals surface area contributed by atoms with E-state index in [0.29, 0.717) is 56.4 Å². The van der Waals surface area contributed by atoms with Gasteiger partial charge in [-0.15, -0.1) is 11.8 Å². The van der Waals surface area contributed by atoms with E-state index in [0.717, 1.165) is 34.0 Å². The number of esters is 1. The zero-order valence-electron chi connectivity index (χ0n) is 26.3. The molecule has 2 heterocycles. The second-order valence-electron chi connectivity index (χ2n) is 10.2. The van der Waals surface area contributed by atoms with Gasteiger partial charge >= 0.3 is 5.97 Å². The highest BCUT2D eigenvalue weighted by molar-refractivity contribution is 7.98. The maximum atomic E-state index is 13.3. The van der Waals surface area contributed by atoms with Gasteiger partial charge in [-0.3, -0.25) is 4.79 Å². The number of benzene rings is 4. The number of methoxy groups -OCH3 is 4. The van der Waals surface area contributed by atoms with Crippen LogP contribution < -0.4 is 18.9 Å². The first-order valence-corrected chi connectivity index (χ1v) is 16.2. The third-order valence-corrected chi connectivity index (χ3v) is 8.85. The summed E-state index contributed by atoms with van der Waals surface area (Å²) in [7, 11) is 6.22. The quantitative estimate of drug-likeness (QED) is 0.101. The van der Waals surface area contributed by atoms with Gasteiger partial charge in [0.2, 0.25) is 0 Å². The van der Waals surface area contributed by atoms with E-state index in [2.05, 4.69) is 8.75 Å². The minimum atomic E-state index is -1.92. The molecule has 47 heavy (non-hydrogen) atoms. The van der Waals surface area contributed by atoms with E-state index in [1.54, 1.807) is 81.6 Å². The van der Waals surface area contributed by atoms with Crippen molar-refractivity contribution in [2.45, 2.75) is 17.1 Å². The van der Waals surface area contributed by atoms with Gasteiger partial charge in [0.25, 0.3) is 5.79 Å². The van der Waals surface area contributed by atoms with Crippen LogP contribution in [-0.4, -0.2) is 60.8 Å². The molecule has 1 aliphatic heterocycles. The average Bonchev–Trinajstić information content (AvgIpc) is 3.69. The lowest BCUT2D eigenvalue weighted by Crippen LogP contribution is -2.29. The number of nitrogens with zero attached hydrogens (tertiary/aromatic N) is 2. The van der Waals surface area contributed by atoms with Crippen LogP contribution in [-0.2, 0) is 21.7 Å². The monoisotopic (exact) mass is 672 g/mol. The Morgan fingerprint density at radius 2 is 1.45 bits per heavy atom. The summed E-state index contributed by atoms with van der Waals surface area (Å²) in [5.41, 5.74) is 4.66. The van der Waals surface area contributed by atoms with Gasteiger partial charge in [0.05, 0.1) is 45.7 Å². The number of hydrogen-bond donors (Lipinski definition) is 1. The highest BCUT2D eigenvalue weighted by Crippen LogP contribution is 2.45. The van der Waals surface area contributed by atoms with Crippen LogP contribution in [0.1, 0.15) is 27.0 Å². The summed E-state index contributed by atoms with van der Waals surface area (Å²) in [5, 5.41) is 11.9. The van der Waals surface area contributed by atoms with Gasteiger partial charge in [0, 0.05) is 28.0 Å². The molecular formula is C35H32N2O8S2. The molecule has 1 aromatic heterocycles. The molecule has 0 amide bonds. The summed E-state index contributed by atoms with van der Waals surface area (Å²) < 4.78 is 35.0. The summed E-state index contributed by atoms with van der Waals surface area (Å²) in [6, 6.07) is 23.3. The first-order chi connectivity index (χ1) is 22.8. The van der Waals surface area contributed by atoms with Crippen LogP contribution in [0.5, 0.6) is 23.0 Å². The molecule has 0 saturated carbocycles. The molecule has 1 atom stereocenters. The highest BCUT2D eigenvalue weighted by Gasteiger charge is 2.48. The number of carbonyl (C=O) groups is 2. The predicted octanol–water partition coefficient (Wildman–Crippen LogP) is 6.35. The minimum Gasteiger partial charge on any atom is -0.493 e. The van der Waals surface area contributed by atoms with Crippen molar-refractivity contribution >= 4 is 52.4 Å². The summed E-state index contributed by atoms with van der Waals surface area (Å²) in [6.45, 7) is 0. The molecule has 0 spiro atoms. The molecule has 5 aromatic rings. The molecule has 6 rings (SSSR count). The highest BCUT2D eigenvalue weighted by atomic mass is 32.2. The Bertz CT molecular complexity index is 1940. The standard InChI is InChI=1S/C26H22N2O5S2.C9H10O3/c1-31-22-11-4-15(13-23(22)32-2)12-19-24(16-5-10-20-21(14-16)28-35-27-20)25(29)33-26(19,30)17-6-8-18(34-3)9-7-17;1-11-8-4-3-7(6-10)5-9(8)12-2/h4-11,13-14,30H,12H2,1-3H3;3-6H,1-2H3. The van der Waals surface area contributed by atoms with Crippen LogP contribution in [0.3, 0.4) is 0 Å². The molecule has 1 N–H and O–H groups in total. The van der Waals surface area contributed by atoms with Crippen molar-refractivity contribution in [1.82, 2.24) is 8.75 Å². The number of ether oxygens (including phenoxy) is 5. The predicted molar refractivity (Wildman–Crippen MR) is 181 cm³/mol. The number of fused-ring (bicyclic) bond motifs is 1. The van der Waals surface area contributed by atoms with Crippen molar-refractivity contribution in [1.29, 1.82) is 0 Å². The third kappa shape index (κ3) is 6.94. The second kappa shape index (κ2) is 14.7. The number of rotatable bonds is 10. The Hall–Kier alpha value is -4.91. The van der Waals surface area contributed by atoms with Gasteiger partial charge in [-0.1, -0.05) is 24.3 Å². The Morgan fingerprint density at radius 3 is 2.09 bits per heavy atom. The fourth-order valence-corrected chi connectivity index (χ4v) is 6.07. The van der Waals surface area contributed by atoms with Crippen LogP contribution in [0.25, 0.3) is 16.6 Å². The summed E-state index contributed by atoms with van der Waals surface area (Å²) in [6.07, 6.45) is 2.99. The van der Waals surface area contributed by atoms with Crippen molar-refractivity contribution in [2.24, 2.45) is 0 Å². The van der Waals surface area contributed by atoms with Gasteiger partial charge in [-0.05, 0) is 72.0 Å². The Labute approximate surface area is 280 Å². The van der Waals surface area contributed by atoms with Gasteiger partial charge < -0.3 is 28.8 Å². The summed E-state index contributed by atoms with van der Waals surface area (Å²) in [4.78, 5) is 24.7. The van der Waals surface area contributed by atoms with Crippen LogP contribution in [0.2, 0.25) is 0 Å². The zero-order valence-corrected chi connectivity index (χ0v) is 27.9. The maximum absolute atomic E-state index is 13.3. The molecule has 1 unspecified atom stereocenters. The van der Waals surface area contributed by atoms with Gasteiger partial charge in [-0.2, -0.15) is 8.75 Å². The topological polar surface area (TPSA) is 126 Å². The van der Waals surface area contributed by atoms with Gasteiger partial charge in [0.15, 0.2) is 23.0 Å². The lowest BCUT2D eigenvalue weighted by molar-refractivity contribution is -0.185. The smallest absolute Gasteiger partial charge is 0.342 e. The third-order valence-electron chi connectivity index (χ3n) is 7.55. The van der Waals surface area contributed by atoms with Crippen LogP contribution >= 0.6 is 23.5 Å². The van der Waals surface area contributed by atoms with E-state index < -0.39 is 11.8 Å². The van der Waals surface area contributed by atoms with Crippen molar-refractivity contribution in [3.05, 3.63) is 107 Å². The molecule has 12 heteroatoms. The molecule has 1 aliphatic rings. The number of carbonyl (C=O) groups excluding carboxylic acids is 2. The lowest BCUT2D eigenvalue weighted by atomic mass is 9.88. The number of aldehydes is 1. The minimum absolute atomic E-state index is 0.246. The average molecular weight is 673 g/mol.